The van der Waals surface area contributed by atoms with Gasteiger partial charge >= 0.3 is 6.18 Å². The number of benzene rings is 2. The number of Topliss-reactive ketones (excluding diaryl/α,β-unsaturated/α-hetero) is 1. The van der Waals surface area contributed by atoms with Crippen LogP contribution in [0.3, 0.4) is 0 Å². The van der Waals surface area contributed by atoms with Crippen molar-refractivity contribution < 1.29 is 27.5 Å². The zero-order valence-corrected chi connectivity index (χ0v) is 16.3. The summed E-state index contributed by atoms with van der Waals surface area (Å²) in [6, 6.07) is 10.8. The van der Waals surface area contributed by atoms with Gasteiger partial charge in [0, 0.05) is 24.6 Å². The van der Waals surface area contributed by atoms with E-state index in [1.807, 2.05) is 0 Å². The second kappa shape index (κ2) is 8.83. The van der Waals surface area contributed by atoms with E-state index in [1.165, 1.54) is 12.1 Å². The summed E-state index contributed by atoms with van der Waals surface area (Å²) in [5.74, 6) is -3.46. The average molecular weight is 424 g/mol. The fourth-order valence-electron chi connectivity index (χ4n) is 3.92. The Kier molecular flexibility index (Phi) is 6.59. The van der Waals surface area contributed by atoms with Crippen LogP contribution < -0.4 is 5.73 Å². The molecule has 0 aliphatic carbocycles. The summed E-state index contributed by atoms with van der Waals surface area (Å²) in [7, 11) is 0. The van der Waals surface area contributed by atoms with Crippen molar-refractivity contribution in [1.29, 1.82) is 0 Å². The van der Waals surface area contributed by atoms with Crippen LogP contribution >= 0.6 is 0 Å². The number of nitrogens with two attached hydrogens (primary N) is 1. The largest absolute Gasteiger partial charge is 0.416 e. The van der Waals surface area contributed by atoms with E-state index in [1.54, 1.807) is 30.3 Å². The van der Waals surface area contributed by atoms with Gasteiger partial charge in [0.15, 0.2) is 5.78 Å². The highest BCUT2D eigenvalue weighted by atomic mass is 19.4. The lowest BCUT2D eigenvalue weighted by atomic mass is 9.92. The van der Waals surface area contributed by atoms with Gasteiger partial charge in [-0.3, -0.25) is 4.79 Å². The fraction of sp³-hybridized carbons (Fsp3) is 0.409. The SMILES string of the molecule is NC(CC(O)(F)N1CCCCC1c1cccc(C(F)(F)F)c1)C(=O)c1ccccc1. The maximum Gasteiger partial charge on any atom is 0.416 e. The van der Waals surface area contributed by atoms with Gasteiger partial charge in [-0.2, -0.15) is 17.6 Å². The standard InChI is InChI=1S/C22H24F4N2O2/c23-21(30,14-18(27)20(29)15-7-2-1-3-8-15)28-12-5-4-11-19(28)16-9-6-10-17(13-16)22(24,25)26/h1-3,6-10,13,18-19,30H,4-5,11-12,14,27H2. The Bertz CT molecular complexity index is 871. The van der Waals surface area contributed by atoms with Gasteiger partial charge in [0.25, 0.3) is 5.98 Å². The minimum absolute atomic E-state index is 0.139. The van der Waals surface area contributed by atoms with Crippen LogP contribution in [0, 0.1) is 0 Å². The first-order valence-electron chi connectivity index (χ1n) is 9.79. The number of likely N-dealkylation sites (tertiary alicyclic amines) is 1. The van der Waals surface area contributed by atoms with E-state index < -0.39 is 42.0 Å². The molecule has 8 heteroatoms. The number of piperidine rings is 1. The van der Waals surface area contributed by atoms with Crippen LogP contribution in [0.2, 0.25) is 0 Å². The molecule has 3 atom stereocenters. The molecule has 3 N–H and O–H groups in total. The Morgan fingerprint density at radius 2 is 1.80 bits per heavy atom. The second-order valence-electron chi connectivity index (χ2n) is 7.59. The van der Waals surface area contributed by atoms with Crippen molar-refractivity contribution >= 4 is 5.78 Å². The predicted molar refractivity (Wildman–Crippen MR) is 104 cm³/mol. The van der Waals surface area contributed by atoms with Crippen molar-refractivity contribution in [2.45, 2.75) is 49.9 Å². The Morgan fingerprint density at radius 3 is 2.47 bits per heavy atom. The molecule has 0 bridgehead atoms. The minimum atomic E-state index is -4.52. The topological polar surface area (TPSA) is 66.6 Å². The summed E-state index contributed by atoms with van der Waals surface area (Å²) in [6.45, 7) is 0.139. The number of carbonyl (C=O) groups excluding carboxylic acids is 1. The van der Waals surface area contributed by atoms with Crippen LogP contribution in [0.1, 0.15) is 53.2 Å². The van der Waals surface area contributed by atoms with Crippen molar-refractivity contribution in [3.05, 3.63) is 71.3 Å². The van der Waals surface area contributed by atoms with Gasteiger partial charge in [0.2, 0.25) is 0 Å². The smallest absolute Gasteiger partial charge is 0.350 e. The molecule has 0 saturated carbocycles. The molecule has 2 aromatic rings. The Labute approximate surface area is 172 Å². The number of rotatable bonds is 6. The number of nitrogens with zero attached hydrogens (tertiary/aromatic N) is 1. The predicted octanol–water partition coefficient (Wildman–Crippen LogP) is 4.45. The molecule has 30 heavy (non-hydrogen) atoms. The zero-order chi connectivity index (χ0) is 21.9. The van der Waals surface area contributed by atoms with Gasteiger partial charge in [-0.1, -0.05) is 48.9 Å². The molecular weight excluding hydrogens is 400 g/mol. The van der Waals surface area contributed by atoms with Crippen molar-refractivity contribution in [3.63, 3.8) is 0 Å². The molecular formula is C22H24F4N2O2. The highest BCUT2D eigenvalue weighted by Crippen LogP contribution is 2.39. The summed E-state index contributed by atoms with van der Waals surface area (Å²) in [4.78, 5) is 13.6. The second-order valence-corrected chi connectivity index (χ2v) is 7.59. The van der Waals surface area contributed by atoms with Gasteiger partial charge in [-0.15, -0.1) is 0 Å². The number of alkyl halides is 4. The monoisotopic (exact) mass is 424 g/mol. The molecule has 0 radical (unpaired) electrons. The Balaban J connectivity index is 1.82. The van der Waals surface area contributed by atoms with Crippen molar-refractivity contribution in [3.8, 4) is 0 Å². The number of halogens is 4. The molecule has 1 aliphatic heterocycles. The number of hydrogen-bond acceptors (Lipinski definition) is 4. The summed E-state index contributed by atoms with van der Waals surface area (Å²) in [5, 5.41) is 10.6. The molecule has 0 aromatic heterocycles. The van der Waals surface area contributed by atoms with Crippen molar-refractivity contribution in [2.75, 3.05) is 6.54 Å². The highest BCUT2D eigenvalue weighted by molar-refractivity contribution is 5.99. The third kappa shape index (κ3) is 5.06. The quantitative estimate of drug-likeness (QED) is 0.409. The first-order valence-corrected chi connectivity index (χ1v) is 9.79. The van der Waals surface area contributed by atoms with Gasteiger partial charge in [0.1, 0.15) is 0 Å². The van der Waals surface area contributed by atoms with Gasteiger partial charge in [0.05, 0.1) is 11.6 Å². The summed E-state index contributed by atoms with van der Waals surface area (Å²) in [6.07, 6.45) is -3.57. The number of aliphatic hydroxyl groups is 1. The highest BCUT2D eigenvalue weighted by Gasteiger charge is 2.43. The molecule has 1 fully saturated rings. The molecule has 3 unspecified atom stereocenters. The molecule has 4 nitrogen and oxygen atoms in total. The lowest BCUT2D eigenvalue weighted by molar-refractivity contribution is -0.235. The Morgan fingerprint density at radius 1 is 1.10 bits per heavy atom. The minimum Gasteiger partial charge on any atom is -0.350 e. The molecule has 0 amide bonds. The summed E-state index contributed by atoms with van der Waals surface area (Å²) >= 11 is 0. The summed E-state index contributed by atoms with van der Waals surface area (Å²) in [5.41, 5.74) is 5.62. The zero-order valence-electron chi connectivity index (χ0n) is 16.3. The average Bonchev–Trinajstić information content (AvgIpc) is 2.73. The van der Waals surface area contributed by atoms with Crippen LogP contribution in [0.15, 0.2) is 54.6 Å². The molecule has 162 valence electrons. The molecule has 1 aliphatic rings. The van der Waals surface area contributed by atoms with Gasteiger partial charge in [-0.25, -0.2) is 4.90 Å². The normalized spacial score (nSPS) is 21.1. The number of hydrogen-bond donors (Lipinski definition) is 2. The van der Waals surface area contributed by atoms with E-state index in [-0.39, 0.29) is 12.1 Å². The van der Waals surface area contributed by atoms with Crippen LogP contribution in [0.25, 0.3) is 0 Å². The Hall–Kier alpha value is -2.29. The lowest BCUT2D eigenvalue weighted by Crippen LogP contribution is -2.53. The van der Waals surface area contributed by atoms with E-state index in [4.69, 9.17) is 5.73 Å². The maximum atomic E-state index is 15.4. The van der Waals surface area contributed by atoms with Gasteiger partial charge in [-0.05, 0) is 30.5 Å². The van der Waals surface area contributed by atoms with Crippen LogP contribution in [-0.4, -0.2) is 34.4 Å². The molecule has 1 heterocycles. The van der Waals surface area contributed by atoms with Crippen LogP contribution in [0.5, 0.6) is 0 Å². The third-order valence-corrected chi connectivity index (χ3v) is 5.42. The van der Waals surface area contributed by atoms with Crippen molar-refractivity contribution in [1.82, 2.24) is 4.90 Å². The lowest BCUT2D eigenvalue weighted by Gasteiger charge is -2.43. The van der Waals surface area contributed by atoms with E-state index in [2.05, 4.69) is 0 Å². The number of ketones is 1. The van der Waals surface area contributed by atoms with E-state index in [9.17, 15) is 23.1 Å². The fourth-order valence-corrected chi connectivity index (χ4v) is 3.92. The third-order valence-electron chi connectivity index (χ3n) is 5.42. The molecule has 1 saturated heterocycles. The van der Waals surface area contributed by atoms with Gasteiger partial charge < -0.3 is 10.8 Å². The van der Waals surface area contributed by atoms with Crippen LogP contribution in [0.4, 0.5) is 17.6 Å². The maximum absolute atomic E-state index is 15.4. The molecule has 2 aromatic carbocycles. The van der Waals surface area contributed by atoms with Crippen molar-refractivity contribution in [2.24, 2.45) is 5.73 Å². The van der Waals surface area contributed by atoms with E-state index >= 15 is 4.39 Å². The molecule has 0 spiro atoms. The first-order chi connectivity index (χ1) is 14.1. The first kappa shape index (κ1) is 22.4. The van der Waals surface area contributed by atoms with Crippen LogP contribution in [-0.2, 0) is 6.18 Å². The summed E-state index contributed by atoms with van der Waals surface area (Å²) < 4.78 is 54.7. The van der Waals surface area contributed by atoms with E-state index in [0.29, 0.717) is 24.8 Å². The van der Waals surface area contributed by atoms with E-state index in [0.717, 1.165) is 17.0 Å². The molecule has 3 rings (SSSR count). The number of carbonyl (C=O) groups is 1.